The third kappa shape index (κ3) is 31.7. The standard InChI is InChI=1S/C38H65N9O14S2/c1-24(39-6)7-9-31(51)43-29(37(60)40-15-26(3)48)22-62-63-23-30(38(61)41-16-27(4)49)44-32(52)10-8-25(2)42-33(53)18-47(21-36(58)59)14-12-45(19-34(54)55)11-13-46(17-28(5)50)20-35(56)57/h24-25,29-30,39H,7-23H2,1-6H3,(H,40,60)(H,41,61)(H,42,53)(H,43,51)(H,44,52)(H,54,55)(H,56,57)(H,58,59)/p-2. The van der Waals surface area contributed by atoms with E-state index in [1.165, 1.54) is 35.5 Å². The number of hydrogen-bond donors (Lipinski definition) is 7. The number of carbonyl (C=O) groups excluding carboxylic acids is 10. The molecule has 63 heavy (non-hydrogen) atoms. The lowest BCUT2D eigenvalue weighted by molar-refractivity contribution is -0.308. The van der Waals surface area contributed by atoms with E-state index in [1.54, 1.807) is 14.0 Å². The smallest absolute Gasteiger partial charge is 0.317 e. The van der Waals surface area contributed by atoms with Crippen LogP contribution in [0.15, 0.2) is 0 Å². The van der Waals surface area contributed by atoms with Crippen LogP contribution in [0, 0.1) is 0 Å². The number of Topliss-reactive ketones (excluding diaryl/α,β-unsaturated/α-hetero) is 3. The minimum absolute atomic E-state index is 0.00435. The lowest BCUT2D eigenvalue weighted by Crippen LogP contribution is -2.50. The molecule has 0 aliphatic rings. The molecular weight excluding hydrogens is 871 g/mol. The van der Waals surface area contributed by atoms with Crippen LogP contribution in [0.2, 0.25) is 0 Å². The molecule has 23 nitrogen and oxygen atoms in total. The first-order valence-electron chi connectivity index (χ1n) is 20.1. The summed E-state index contributed by atoms with van der Waals surface area (Å²) < 4.78 is 0. The second kappa shape index (κ2) is 32.9. The van der Waals surface area contributed by atoms with Gasteiger partial charge >= 0.3 is 5.97 Å². The minimum atomic E-state index is -1.52. The summed E-state index contributed by atoms with van der Waals surface area (Å²) in [6.45, 7) is 4.17. The number of carbonyl (C=O) groups is 11. The van der Waals surface area contributed by atoms with Crippen LogP contribution < -0.4 is 42.1 Å². The monoisotopic (exact) mass is 933 g/mol. The van der Waals surface area contributed by atoms with Gasteiger partial charge in [-0.25, -0.2) is 0 Å². The average molecular weight is 934 g/mol. The molecule has 0 rings (SSSR count). The van der Waals surface area contributed by atoms with Gasteiger partial charge in [-0.05, 0) is 54.5 Å². The van der Waals surface area contributed by atoms with Gasteiger partial charge in [-0.2, -0.15) is 0 Å². The first-order valence-corrected chi connectivity index (χ1v) is 22.6. The van der Waals surface area contributed by atoms with Crippen molar-refractivity contribution in [1.82, 2.24) is 46.6 Å². The third-order valence-electron chi connectivity index (χ3n) is 8.73. The summed E-state index contributed by atoms with van der Waals surface area (Å²) in [6.07, 6.45) is 0.563. The second-order valence-corrected chi connectivity index (χ2v) is 17.5. The fourth-order valence-corrected chi connectivity index (χ4v) is 7.70. The maximum atomic E-state index is 13.0. The van der Waals surface area contributed by atoms with Gasteiger partial charge in [0.2, 0.25) is 29.5 Å². The molecule has 5 amide bonds. The zero-order chi connectivity index (χ0) is 48.1. The Morgan fingerprint density at radius 2 is 0.952 bits per heavy atom. The SMILES string of the molecule is CNC(C)CCC(=O)NC(CSSCC(NC(=O)CCC(C)NC(=O)CN(CCN(CCN(CC(C)=O)CC(=O)O)CC(=O)[O-])CC(=O)[O-])C(=O)NCC(C)=O)C(=O)NCC(C)=O. The van der Waals surface area contributed by atoms with E-state index in [9.17, 15) is 63.0 Å². The molecular formula is C38H63N9O14S2-2. The molecule has 7 N–H and O–H groups in total. The van der Waals surface area contributed by atoms with Crippen molar-refractivity contribution in [3.05, 3.63) is 0 Å². The van der Waals surface area contributed by atoms with Crippen molar-refractivity contribution in [1.29, 1.82) is 0 Å². The van der Waals surface area contributed by atoms with E-state index in [2.05, 4.69) is 31.9 Å². The third-order valence-corrected chi connectivity index (χ3v) is 11.2. The summed E-state index contributed by atoms with van der Waals surface area (Å²) in [5, 5.41) is 47.9. The Morgan fingerprint density at radius 3 is 1.35 bits per heavy atom. The van der Waals surface area contributed by atoms with Crippen LogP contribution in [0.5, 0.6) is 0 Å². The fourth-order valence-electron chi connectivity index (χ4n) is 5.37. The number of amides is 5. The molecule has 0 saturated carbocycles. The highest BCUT2D eigenvalue weighted by atomic mass is 33.1. The summed E-state index contributed by atoms with van der Waals surface area (Å²) in [6, 6.07) is -2.71. The van der Waals surface area contributed by atoms with Crippen LogP contribution in [0.4, 0.5) is 0 Å². The molecule has 0 radical (unpaired) electrons. The molecule has 0 aromatic heterocycles. The molecule has 0 aliphatic heterocycles. The topological polar surface area (TPSA) is 336 Å². The van der Waals surface area contributed by atoms with Crippen molar-refractivity contribution in [2.24, 2.45) is 0 Å². The van der Waals surface area contributed by atoms with Crippen LogP contribution in [-0.2, 0) is 52.7 Å². The quantitative estimate of drug-likeness (QED) is 0.0226. The molecule has 0 spiro atoms. The maximum absolute atomic E-state index is 13.0. The number of nitrogens with zero attached hydrogens (tertiary/aromatic N) is 3. The van der Waals surface area contributed by atoms with Crippen molar-refractivity contribution >= 4 is 86.4 Å². The van der Waals surface area contributed by atoms with E-state index in [-0.39, 0.29) is 106 Å². The molecule has 0 aromatic carbocycles. The Bertz CT molecular complexity index is 1560. The summed E-state index contributed by atoms with van der Waals surface area (Å²) in [4.78, 5) is 137. The normalized spacial score (nSPS) is 13.0. The second-order valence-electron chi connectivity index (χ2n) is 14.9. The maximum Gasteiger partial charge on any atom is 0.317 e. The van der Waals surface area contributed by atoms with Gasteiger partial charge in [-0.1, -0.05) is 21.6 Å². The predicted molar refractivity (Wildman–Crippen MR) is 228 cm³/mol. The van der Waals surface area contributed by atoms with Crippen LogP contribution in [0.25, 0.3) is 0 Å². The van der Waals surface area contributed by atoms with E-state index in [0.717, 1.165) is 21.6 Å². The lowest BCUT2D eigenvalue weighted by atomic mass is 10.1. The molecule has 0 aromatic rings. The van der Waals surface area contributed by atoms with Crippen molar-refractivity contribution < 1.29 is 68.1 Å². The van der Waals surface area contributed by atoms with E-state index in [4.69, 9.17) is 5.11 Å². The highest BCUT2D eigenvalue weighted by Gasteiger charge is 2.25. The van der Waals surface area contributed by atoms with Gasteiger partial charge in [0.05, 0.1) is 44.7 Å². The first kappa shape index (κ1) is 58.3. The summed E-state index contributed by atoms with van der Waals surface area (Å²) in [7, 11) is 4.00. The van der Waals surface area contributed by atoms with Crippen molar-refractivity contribution in [3.63, 3.8) is 0 Å². The van der Waals surface area contributed by atoms with E-state index >= 15 is 0 Å². The Hall–Kier alpha value is -4.69. The highest BCUT2D eigenvalue weighted by molar-refractivity contribution is 8.76. The van der Waals surface area contributed by atoms with E-state index in [1.807, 2.05) is 6.92 Å². The summed E-state index contributed by atoms with van der Waals surface area (Å²) >= 11 is 0. The fraction of sp³-hybridized carbons (Fsp3) is 0.711. The van der Waals surface area contributed by atoms with Crippen molar-refractivity contribution in [3.8, 4) is 0 Å². The number of ketones is 3. The van der Waals surface area contributed by atoms with Crippen molar-refractivity contribution in [2.75, 3.05) is 90.5 Å². The number of carboxylic acids is 3. The Balaban J connectivity index is 5.46. The van der Waals surface area contributed by atoms with Gasteiger partial charge in [0, 0.05) is 75.7 Å². The largest absolute Gasteiger partial charge is 0.549 e. The molecule has 0 aliphatic carbocycles. The molecule has 0 fully saturated rings. The van der Waals surface area contributed by atoms with Crippen LogP contribution in [0.3, 0.4) is 0 Å². The van der Waals surface area contributed by atoms with Gasteiger partial charge in [-0.3, -0.25) is 57.9 Å². The number of hydrogen-bond acceptors (Lipinski definition) is 19. The molecule has 4 unspecified atom stereocenters. The number of rotatable bonds is 37. The Labute approximate surface area is 375 Å². The van der Waals surface area contributed by atoms with Gasteiger partial charge in [0.25, 0.3) is 0 Å². The number of nitrogens with one attached hydrogen (secondary N) is 6. The van der Waals surface area contributed by atoms with Crippen LogP contribution in [-0.4, -0.2) is 199 Å². The Morgan fingerprint density at radius 1 is 0.540 bits per heavy atom. The minimum Gasteiger partial charge on any atom is -0.549 e. The molecule has 358 valence electrons. The zero-order valence-electron chi connectivity index (χ0n) is 36.7. The van der Waals surface area contributed by atoms with Gasteiger partial charge in [0.1, 0.15) is 29.4 Å². The van der Waals surface area contributed by atoms with Crippen LogP contribution >= 0.6 is 21.6 Å². The van der Waals surface area contributed by atoms with E-state index in [0.29, 0.717) is 6.42 Å². The highest BCUT2D eigenvalue weighted by Crippen LogP contribution is 2.23. The van der Waals surface area contributed by atoms with Crippen molar-refractivity contribution in [2.45, 2.75) is 84.5 Å². The number of aliphatic carboxylic acids is 3. The summed E-state index contributed by atoms with van der Waals surface area (Å²) in [5.74, 6) is -7.89. The predicted octanol–water partition coefficient (Wildman–Crippen LogP) is -5.50. The average Bonchev–Trinajstić information content (AvgIpc) is 3.17. The first-order chi connectivity index (χ1) is 29.5. The Kier molecular flexibility index (Phi) is 30.5. The number of carboxylic acid groups (broad SMARTS) is 3. The van der Waals surface area contributed by atoms with Gasteiger partial charge in [-0.15, -0.1) is 0 Å². The van der Waals surface area contributed by atoms with Gasteiger partial charge < -0.3 is 56.8 Å². The molecule has 0 heterocycles. The molecule has 25 heteroatoms. The summed E-state index contributed by atoms with van der Waals surface area (Å²) in [5.41, 5.74) is 0. The lowest BCUT2D eigenvalue weighted by Gasteiger charge is -2.30. The van der Waals surface area contributed by atoms with Gasteiger partial charge in [0.15, 0.2) is 0 Å². The molecule has 0 saturated heterocycles. The molecule has 0 bridgehead atoms. The van der Waals surface area contributed by atoms with E-state index < -0.39 is 85.8 Å². The molecule has 4 atom stereocenters. The zero-order valence-corrected chi connectivity index (χ0v) is 38.4. The van der Waals surface area contributed by atoms with Crippen LogP contribution in [0.1, 0.15) is 60.3 Å².